The molecular formula is C13H21N5S. The molecule has 0 saturated carbocycles. The molecule has 1 aromatic heterocycles. The van der Waals surface area contributed by atoms with Crippen LogP contribution >= 0.6 is 12.2 Å². The van der Waals surface area contributed by atoms with Crippen molar-refractivity contribution in [2.45, 2.75) is 6.04 Å². The highest BCUT2D eigenvalue weighted by Gasteiger charge is 2.21. The van der Waals surface area contributed by atoms with Crippen LogP contribution in [0, 0.1) is 0 Å². The van der Waals surface area contributed by atoms with Gasteiger partial charge in [-0.1, -0.05) is 12.2 Å². The van der Waals surface area contributed by atoms with Crippen LogP contribution in [0.3, 0.4) is 0 Å². The largest absolute Gasteiger partial charge is 0.388 e. The molecule has 0 radical (unpaired) electrons. The minimum atomic E-state index is 0.332. The summed E-state index contributed by atoms with van der Waals surface area (Å²) in [5.74, 6) is 0. The summed E-state index contributed by atoms with van der Waals surface area (Å²) in [6.07, 6.45) is 1.73. The van der Waals surface area contributed by atoms with Gasteiger partial charge in [0.15, 0.2) is 0 Å². The fraction of sp³-hybridized carbons (Fsp3) is 0.538. The fourth-order valence-electron chi connectivity index (χ4n) is 2.23. The van der Waals surface area contributed by atoms with Gasteiger partial charge in [0.2, 0.25) is 0 Å². The molecule has 1 fully saturated rings. The number of nitrogens with two attached hydrogens (primary N) is 1. The lowest BCUT2D eigenvalue weighted by Crippen LogP contribution is -2.52. The number of likely N-dealkylation sites (N-methyl/N-ethyl adjacent to an activating group) is 2. The predicted octanol–water partition coefficient (Wildman–Crippen LogP) is 0.374. The van der Waals surface area contributed by atoms with Crippen LogP contribution in [-0.4, -0.2) is 66.1 Å². The Labute approximate surface area is 119 Å². The Hall–Kier alpha value is -1.24. The summed E-state index contributed by atoms with van der Waals surface area (Å²) >= 11 is 4.94. The number of piperazine rings is 1. The Balaban J connectivity index is 1.94. The summed E-state index contributed by atoms with van der Waals surface area (Å²) in [6.45, 7) is 4.23. The smallest absolute Gasteiger partial charge is 0.122 e. The minimum Gasteiger partial charge on any atom is -0.388 e. The van der Waals surface area contributed by atoms with Crippen LogP contribution in [0.5, 0.6) is 0 Å². The van der Waals surface area contributed by atoms with Gasteiger partial charge in [-0.3, -0.25) is 9.88 Å². The Morgan fingerprint density at radius 3 is 3.05 bits per heavy atom. The van der Waals surface area contributed by atoms with Crippen LogP contribution in [-0.2, 0) is 0 Å². The molecule has 2 rings (SSSR count). The SMILES string of the molecule is CN1CCN(C)C(CNc2ccnc(C(N)=S)c2)C1. The molecule has 1 aliphatic rings. The fourth-order valence-corrected chi connectivity index (χ4v) is 2.34. The van der Waals surface area contributed by atoms with Crippen molar-refractivity contribution in [3.63, 3.8) is 0 Å². The average molecular weight is 279 g/mol. The summed E-state index contributed by atoms with van der Waals surface area (Å²) in [7, 11) is 4.34. The molecule has 0 aliphatic carbocycles. The molecule has 0 amide bonds. The Morgan fingerprint density at radius 2 is 2.32 bits per heavy atom. The molecule has 19 heavy (non-hydrogen) atoms. The van der Waals surface area contributed by atoms with Crippen molar-refractivity contribution in [3.05, 3.63) is 24.0 Å². The van der Waals surface area contributed by atoms with E-state index in [0.29, 0.717) is 16.7 Å². The highest BCUT2D eigenvalue weighted by Crippen LogP contribution is 2.11. The number of nitrogens with one attached hydrogen (secondary N) is 1. The van der Waals surface area contributed by atoms with E-state index in [4.69, 9.17) is 18.0 Å². The van der Waals surface area contributed by atoms with Gasteiger partial charge in [0, 0.05) is 44.1 Å². The predicted molar refractivity (Wildman–Crippen MR) is 82.5 cm³/mol. The average Bonchev–Trinajstić information content (AvgIpc) is 2.40. The van der Waals surface area contributed by atoms with Crippen molar-refractivity contribution in [2.75, 3.05) is 45.6 Å². The molecule has 104 valence electrons. The van der Waals surface area contributed by atoms with Gasteiger partial charge in [0.1, 0.15) is 4.99 Å². The first-order chi connectivity index (χ1) is 9.06. The molecular weight excluding hydrogens is 258 g/mol. The molecule has 5 nitrogen and oxygen atoms in total. The van der Waals surface area contributed by atoms with Crippen LogP contribution in [0.2, 0.25) is 0 Å². The number of pyridine rings is 1. The van der Waals surface area contributed by atoms with E-state index in [1.165, 1.54) is 0 Å². The summed E-state index contributed by atoms with van der Waals surface area (Å²) in [5, 5.41) is 3.44. The molecule has 0 aromatic carbocycles. The van der Waals surface area contributed by atoms with Gasteiger partial charge in [-0.25, -0.2) is 0 Å². The standard InChI is InChI=1S/C13H21N5S/c1-17-5-6-18(2)11(9-17)8-16-10-3-4-15-12(7-10)13(14)19/h3-4,7,11H,5-6,8-9H2,1-2H3,(H2,14,19)(H,15,16). The molecule has 1 aliphatic heterocycles. The van der Waals surface area contributed by atoms with Crippen LogP contribution in [0.1, 0.15) is 5.69 Å². The maximum atomic E-state index is 5.59. The number of anilines is 1. The zero-order valence-corrected chi connectivity index (χ0v) is 12.3. The number of hydrogen-bond acceptors (Lipinski definition) is 5. The third-order valence-electron chi connectivity index (χ3n) is 3.53. The van der Waals surface area contributed by atoms with Crippen molar-refractivity contribution in [2.24, 2.45) is 5.73 Å². The van der Waals surface area contributed by atoms with Gasteiger partial charge in [0.25, 0.3) is 0 Å². The molecule has 0 bridgehead atoms. The van der Waals surface area contributed by atoms with Crippen LogP contribution in [0.4, 0.5) is 5.69 Å². The molecule has 3 N–H and O–H groups in total. The molecule has 6 heteroatoms. The summed E-state index contributed by atoms with van der Waals surface area (Å²) in [6, 6.07) is 4.35. The lowest BCUT2D eigenvalue weighted by molar-refractivity contribution is 0.122. The van der Waals surface area contributed by atoms with Crippen molar-refractivity contribution in [3.8, 4) is 0 Å². The van der Waals surface area contributed by atoms with E-state index in [1.807, 2.05) is 12.1 Å². The molecule has 1 aromatic rings. The van der Waals surface area contributed by atoms with Crippen LogP contribution < -0.4 is 11.1 Å². The van der Waals surface area contributed by atoms with Crippen LogP contribution in [0.15, 0.2) is 18.3 Å². The van der Waals surface area contributed by atoms with Crippen molar-refractivity contribution in [1.29, 1.82) is 0 Å². The second-order valence-corrected chi connectivity index (χ2v) is 5.51. The number of aromatic nitrogens is 1. The molecule has 2 heterocycles. The number of hydrogen-bond donors (Lipinski definition) is 2. The third-order valence-corrected chi connectivity index (χ3v) is 3.74. The first-order valence-corrected chi connectivity index (χ1v) is 6.85. The normalized spacial score (nSPS) is 21.3. The molecule has 0 spiro atoms. The highest BCUT2D eigenvalue weighted by molar-refractivity contribution is 7.80. The Bertz CT molecular complexity index is 450. The number of thiocarbonyl (C=S) groups is 1. The topological polar surface area (TPSA) is 57.4 Å². The maximum absolute atomic E-state index is 5.59. The maximum Gasteiger partial charge on any atom is 0.122 e. The van der Waals surface area contributed by atoms with E-state index in [-0.39, 0.29) is 0 Å². The van der Waals surface area contributed by atoms with Gasteiger partial charge in [0.05, 0.1) is 5.69 Å². The summed E-state index contributed by atoms with van der Waals surface area (Å²) in [5.41, 5.74) is 7.26. The van der Waals surface area contributed by atoms with Crippen molar-refractivity contribution in [1.82, 2.24) is 14.8 Å². The van der Waals surface area contributed by atoms with E-state index in [1.54, 1.807) is 6.20 Å². The zero-order valence-electron chi connectivity index (χ0n) is 11.5. The third kappa shape index (κ3) is 3.86. The first-order valence-electron chi connectivity index (χ1n) is 6.45. The van der Waals surface area contributed by atoms with Crippen molar-refractivity contribution < 1.29 is 0 Å². The number of rotatable bonds is 4. The minimum absolute atomic E-state index is 0.332. The zero-order chi connectivity index (χ0) is 13.8. The van der Waals surface area contributed by atoms with E-state index >= 15 is 0 Å². The van der Waals surface area contributed by atoms with Gasteiger partial charge in [-0.05, 0) is 26.2 Å². The quantitative estimate of drug-likeness (QED) is 0.777. The Morgan fingerprint density at radius 1 is 1.53 bits per heavy atom. The summed E-state index contributed by atoms with van der Waals surface area (Å²) < 4.78 is 0. The first kappa shape index (κ1) is 14.2. The van der Waals surface area contributed by atoms with Gasteiger partial charge in [-0.2, -0.15) is 0 Å². The van der Waals surface area contributed by atoms with Gasteiger partial charge >= 0.3 is 0 Å². The lowest BCUT2D eigenvalue weighted by atomic mass is 10.2. The van der Waals surface area contributed by atoms with E-state index in [2.05, 4.69) is 34.2 Å². The molecule has 1 unspecified atom stereocenters. The van der Waals surface area contributed by atoms with Crippen molar-refractivity contribution >= 4 is 22.9 Å². The van der Waals surface area contributed by atoms with Gasteiger partial charge < -0.3 is 16.0 Å². The van der Waals surface area contributed by atoms with Crippen LogP contribution in [0.25, 0.3) is 0 Å². The second-order valence-electron chi connectivity index (χ2n) is 5.07. The van der Waals surface area contributed by atoms with E-state index in [0.717, 1.165) is 31.9 Å². The summed E-state index contributed by atoms with van der Waals surface area (Å²) in [4.78, 5) is 9.22. The lowest BCUT2D eigenvalue weighted by Gasteiger charge is -2.37. The van der Waals surface area contributed by atoms with E-state index in [9.17, 15) is 0 Å². The monoisotopic (exact) mass is 279 g/mol. The number of nitrogens with zero attached hydrogens (tertiary/aromatic N) is 3. The van der Waals surface area contributed by atoms with E-state index < -0.39 is 0 Å². The second kappa shape index (κ2) is 6.27. The Kier molecular flexibility index (Phi) is 4.68. The van der Waals surface area contributed by atoms with Gasteiger partial charge in [-0.15, -0.1) is 0 Å². The molecule has 1 saturated heterocycles. The molecule has 1 atom stereocenters. The highest BCUT2D eigenvalue weighted by atomic mass is 32.1.